The molecule has 0 radical (unpaired) electrons. The number of aromatic nitrogens is 1. The second-order valence-electron chi connectivity index (χ2n) is 5.78. The molecule has 0 atom stereocenters. The minimum atomic E-state index is -0.400. The van der Waals surface area contributed by atoms with Crippen LogP contribution in [0.5, 0.6) is 0 Å². The maximum absolute atomic E-state index is 12.9. The number of carbonyl (C=O) groups is 2. The summed E-state index contributed by atoms with van der Waals surface area (Å²) in [7, 11) is 0. The van der Waals surface area contributed by atoms with Gasteiger partial charge in [0.1, 0.15) is 11.6 Å². The van der Waals surface area contributed by atoms with Gasteiger partial charge < -0.3 is 16.0 Å². The van der Waals surface area contributed by atoms with Crippen molar-refractivity contribution in [1.82, 2.24) is 4.98 Å². The van der Waals surface area contributed by atoms with Crippen molar-refractivity contribution in [2.24, 2.45) is 0 Å². The van der Waals surface area contributed by atoms with E-state index in [0.717, 1.165) is 11.4 Å². The van der Waals surface area contributed by atoms with Gasteiger partial charge in [0.05, 0.1) is 11.9 Å². The van der Waals surface area contributed by atoms with Crippen molar-refractivity contribution in [3.05, 3.63) is 78.2 Å². The molecule has 0 fully saturated rings. The van der Waals surface area contributed by atoms with Crippen LogP contribution in [0.2, 0.25) is 0 Å². The van der Waals surface area contributed by atoms with Crippen LogP contribution in [0.4, 0.5) is 27.3 Å². The molecule has 1 heterocycles. The molecular formula is C20H17FN4O2. The number of hydrogen-bond acceptors (Lipinski definition) is 4. The van der Waals surface area contributed by atoms with Gasteiger partial charge in [-0.05, 0) is 54.6 Å². The molecule has 0 spiro atoms. The monoisotopic (exact) mass is 364 g/mol. The first kappa shape index (κ1) is 18.1. The molecule has 3 rings (SSSR count). The second kappa shape index (κ2) is 8.09. The van der Waals surface area contributed by atoms with Crippen LogP contribution >= 0.6 is 0 Å². The van der Waals surface area contributed by atoms with E-state index >= 15 is 0 Å². The van der Waals surface area contributed by atoms with Gasteiger partial charge in [0, 0.05) is 23.9 Å². The predicted molar refractivity (Wildman–Crippen MR) is 103 cm³/mol. The molecule has 2 aromatic carbocycles. The van der Waals surface area contributed by atoms with Crippen molar-refractivity contribution in [3.63, 3.8) is 0 Å². The van der Waals surface area contributed by atoms with Gasteiger partial charge in [0.2, 0.25) is 5.91 Å². The van der Waals surface area contributed by atoms with Gasteiger partial charge in [-0.25, -0.2) is 9.37 Å². The molecule has 27 heavy (non-hydrogen) atoms. The molecule has 136 valence electrons. The minimum Gasteiger partial charge on any atom is -0.354 e. The number of amides is 2. The van der Waals surface area contributed by atoms with Crippen molar-refractivity contribution in [3.8, 4) is 0 Å². The number of pyridine rings is 1. The first-order chi connectivity index (χ1) is 13.0. The average Bonchev–Trinajstić information content (AvgIpc) is 2.63. The Morgan fingerprint density at radius 3 is 2.30 bits per heavy atom. The van der Waals surface area contributed by atoms with Crippen LogP contribution in [0.3, 0.4) is 0 Å². The molecule has 0 aliphatic heterocycles. The summed E-state index contributed by atoms with van der Waals surface area (Å²) in [5.41, 5.74) is 2.53. The standard InChI is InChI=1S/C20H17FN4O2/c1-13(26)23-16-3-2-4-17(11-16)24-18-9-10-19(22-12-18)25-20(27)14-5-7-15(21)8-6-14/h2-12,24H,1H3,(H,23,26)(H,22,25,27). The topological polar surface area (TPSA) is 83.1 Å². The number of hydrogen-bond donors (Lipinski definition) is 3. The number of halogens is 1. The van der Waals surface area contributed by atoms with Crippen LogP contribution in [-0.2, 0) is 4.79 Å². The lowest BCUT2D eigenvalue weighted by Gasteiger charge is -2.10. The first-order valence-electron chi connectivity index (χ1n) is 8.17. The molecule has 3 N–H and O–H groups in total. The molecule has 2 amide bonds. The van der Waals surface area contributed by atoms with Crippen LogP contribution in [0.25, 0.3) is 0 Å². The molecule has 0 bridgehead atoms. The second-order valence-corrected chi connectivity index (χ2v) is 5.78. The van der Waals surface area contributed by atoms with Crippen molar-refractivity contribution in [2.45, 2.75) is 6.92 Å². The van der Waals surface area contributed by atoms with E-state index in [9.17, 15) is 14.0 Å². The highest BCUT2D eigenvalue weighted by Gasteiger charge is 2.07. The number of nitrogens with one attached hydrogen (secondary N) is 3. The smallest absolute Gasteiger partial charge is 0.256 e. The van der Waals surface area contributed by atoms with Crippen LogP contribution in [0.15, 0.2) is 66.9 Å². The number of benzene rings is 2. The zero-order chi connectivity index (χ0) is 19.2. The van der Waals surface area contributed by atoms with Gasteiger partial charge in [-0.2, -0.15) is 0 Å². The number of rotatable bonds is 5. The third-order valence-corrected chi connectivity index (χ3v) is 3.58. The van der Waals surface area contributed by atoms with Gasteiger partial charge in [0.25, 0.3) is 5.91 Å². The van der Waals surface area contributed by atoms with Crippen LogP contribution in [0.1, 0.15) is 17.3 Å². The van der Waals surface area contributed by atoms with Crippen molar-refractivity contribution in [2.75, 3.05) is 16.0 Å². The van der Waals surface area contributed by atoms with Crippen LogP contribution in [-0.4, -0.2) is 16.8 Å². The Kier molecular flexibility index (Phi) is 5.41. The zero-order valence-corrected chi connectivity index (χ0v) is 14.5. The van der Waals surface area contributed by atoms with E-state index in [4.69, 9.17) is 0 Å². The van der Waals surface area contributed by atoms with Gasteiger partial charge in [-0.3, -0.25) is 9.59 Å². The van der Waals surface area contributed by atoms with E-state index < -0.39 is 5.82 Å². The van der Waals surface area contributed by atoms with Crippen molar-refractivity contribution in [1.29, 1.82) is 0 Å². The van der Waals surface area contributed by atoms with Crippen LogP contribution in [0, 0.1) is 5.82 Å². The zero-order valence-electron chi connectivity index (χ0n) is 14.5. The summed E-state index contributed by atoms with van der Waals surface area (Å²) >= 11 is 0. The largest absolute Gasteiger partial charge is 0.354 e. The maximum Gasteiger partial charge on any atom is 0.256 e. The minimum absolute atomic E-state index is 0.143. The number of carbonyl (C=O) groups excluding carboxylic acids is 2. The summed E-state index contributed by atoms with van der Waals surface area (Å²) in [5, 5.41) is 8.53. The normalized spacial score (nSPS) is 10.1. The summed E-state index contributed by atoms with van der Waals surface area (Å²) < 4.78 is 12.9. The lowest BCUT2D eigenvalue weighted by molar-refractivity contribution is -0.114. The van der Waals surface area contributed by atoms with Gasteiger partial charge in [-0.1, -0.05) is 6.07 Å². The molecular weight excluding hydrogens is 347 g/mol. The third kappa shape index (κ3) is 5.12. The fraction of sp³-hybridized carbons (Fsp3) is 0.0500. The van der Waals surface area contributed by atoms with E-state index in [-0.39, 0.29) is 11.8 Å². The first-order valence-corrected chi connectivity index (χ1v) is 8.17. The predicted octanol–water partition coefficient (Wildman–Crippen LogP) is 4.18. The fourth-order valence-corrected chi connectivity index (χ4v) is 2.38. The van der Waals surface area contributed by atoms with E-state index in [0.29, 0.717) is 17.1 Å². The molecule has 0 aliphatic rings. The van der Waals surface area contributed by atoms with E-state index in [1.54, 1.807) is 30.5 Å². The lowest BCUT2D eigenvalue weighted by atomic mass is 10.2. The molecule has 1 aromatic heterocycles. The Labute approximate surface area is 155 Å². The Bertz CT molecular complexity index is 956. The summed E-state index contributed by atoms with van der Waals surface area (Å²) in [4.78, 5) is 27.4. The lowest BCUT2D eigenvalue weighted by Crippen LogP contribution is -2.12. The summed E-state index contributed by atoms with van der Waals surface area (Å²) in [5.74, 6) is -0.536. The highest BCUT2D eigenvalue weighted by atomic mass is 19.1. The SMILES string of the molecule is CC(=O)Nc1cccc(Nc2ccc(NC(=O)c3ccc(F)cc3)nc2)c1. The molecule has 0 saturated heterocycles. The Morgan fingerprint density at radius 2 is 1.63 bits per heavy atom. The van der Waals surface area contributed by atoms with Crippen LogP contribution < -0.4 is 16.0 Å². The molecule has 0 aliphatic carbocycles. The summed E-state index contributed by atoms with van der Waals surface area (Å²) in [6.07, 6.45) is 1.57. The maximum atomic E-state index is 12.9. The third-order valence-electron chi connectivity index (χ3n) is 3.58. The Morgan fingerprint density at radius 1 is 0.889 bits per heavy atom. The molecule has 3 aromatic rings. The Balaban J connectivity index is 1.64. The number of nitrogens with zero attached hydrogens (tertiary/aromatic N) is 1. The fourth-order valence-electron chi connectivity index (χ4n) is 2.38. The van der Waals surface area contributed by atoms with Crippen molar-refractivity contribution < 1.29 is 14.0 Å². The van der Waals surface area contributed by atoms with E-state index in [2.05, 4.69) is 20.9 Å². The summed E-state index contributed by atoms with van der Waals surface area (Å²) in [6, 6.07) is 15.9. The highest BCUT2D eigenvalue weighted by molar-refractivity contribution is 6.03. The van der Waals surface area contributed by atoms with E-state index in [1.807, 2.05) is 12.1 Å². The quantitative estimate of drug-likeness (QED) is 0.634. The molecule has 7 heteroatoms. The van der Waals surface area contributed by atoms with Gasteiger partial charge in [-0.15, -0.1) is 0 Å². The number of anilines is 4. The van der Waals surface area contributed by atoms with Crippen molar-refractivity contribution >= 4 is 34.7 Å². The Hall–Kier alpha value is -3.74. The van der Waals surface area contributed by atoms with Gasteiger partial charge >= 0.3 is 0 Å². The summed E-state index contributed by atoms with van der Waals surface area (Å²) in [6.45, 7) is 1.45. The van der Waals surface area contributed by atoms with Gasteiger partial charge in [0.15, 0.2) is 0 Å². The molecule has 6 nitrogen and oxygen atoms in total. The highest BCUT2D eigenvalue weighted by Crippen LogP contribution is 2.20. The van der Waals surface area contributed by atoms with E-state index in [1.165, 1.54) is 31.2 Å². The molecule has 0 unspecified atom stereocenters. The average molecular weight is 364 g/mol. The molecule has 0 saturated carbocycles.